The van der Waals surface area contributed by atoms with Crippen LogP contribution in [-0.4, -0.2) is 49.2 Å². The highest BCUT2D eigenvalue weighted by Gasteiger charge is 2.14. The Hall–Kier alpha value is -1.17. The molecular weight excluding hydrogens is 236 g/mol. The Balaban J connectivity index is 2.93. The molecule has 0 aliphatic carbocycles. The van der Waals surface area contributed by atoms with E-state index < -0.39 is 0 Å². The highest BCUT2D eigenvalue weighted by molar-refractivity contribution is 7.98. The maximum atomic E-state index is 5.39. The molecule has 0 saturated heterocycles. The lowest BCUT2D eigenvalue weighted by molar-refractivity contribution is 0.413. The van der Waals surface area contributed by atoms with Crippen LogP contribution in [0.1, 0.15) is 6.92 Å². The van der Waals surface area contributed by atoms with Crippen molar-refractivity contribution in [2.45, 2.75) is 6.92 Å². The molecule has 0 unspecified atom stereocenters. The Morgan fingerprint density at radius 1 is 1.47 bits per heavy atom. The van der Waals surface area contributed by atoms with E-state index in [1.165, 1.54) is 0 Å². The quantitative estimate of drug-likeness (QED) is 0.801. The van der Waals surface area contributed by atoms with Crippen molar-refractivity contribution >= 4 is 23.4 Å². The minimum atomic E-state index is 0.706. The van der Waals surface area contributed by atoms with Crippen LogP contribution < -0.4 is 15.0 Å². The zero-order valence-corrected chi connectivity index (χ0v) is 11.7. The molecule has 17 heavy (non-hydrogen) atoms. The fraction of sp³-hybridized carbons (Fsp3) is 0.636. The average Bonchev–Trinajstić information content (AvgIpc) is 2.36. The number of nitrogens with zero attached hydrogens (tertiary/aromatic N) is 3. The number of rotatable bonds is 7. The molecular formula is C11H20N4OS. The second-order valence-electron chi connectivity index (χ2n) is 3.52. The molecule has 0 radical (unpaired) electrons. The van der Waals surface area contributed by atoms with Crippen molar-refractivity contribution in [3.63, 3.8) is 0 Å². The first-order chi connectivity index (χ1) is 8.24. The molecule has 0 aromatic carbocycles. The Kier molecular flexibility index (Phi) is 5.90. The van der Waals surface area contributed by atoms with Crippen molar-refractivity contribution in [3.05, 3.63) is 6.33 Å². The van der Waals surface area contributed by atoms with Gasteiger partial charge in [-0.2, -0.15) is 11.8 Å². The van der Waals surface area contributed by atoms with Crippen LogP contribution in [-0.2, 0) is 0 Å². The van der Waals surface area contributed by atoms with Crippen LogP contribution in [0.3, 0.4) is 0 Å². The van der Waals surface area contributed by atoms with Gasteiger partial charge >= 0.3 is 0 Å². The summed E-state index contributed by atoms with van der Waals surface area (Å²) < 4.78 is 5.39. The number of hydrogen-bond donors (Lipinski definition) is 1. The molecule has 1 rings (SSSR count). The molecule has 0 aliphatic rings. The fourth-order valence-electron chi connectivity index (χ4n) is 1.45. The standard InChI is InChI=1S/C11H20N4OS/c1-5-12-10-9(16-3)11(14-8-13-10)15(2)6-7-17-4/h8H,5-7H2,1-4H3,(H,12,13,14). The number of aromatic nitrogens is 2. The lowest BCUT2D eigenvalue weighted by Gasteiger charge is -2.21. The first kappa shape index (κ1) is 13.9. The summed E-state index contributed by atoms with van der Waals surface area (Å²) in [4.78, 5) is 10.6. The monoisotopic (exact) mass is 256 g/mol. The number of methoxy groups -OCH3 is 1. The minimum Gasteiger partial charge on any atom is -0.490 e. The van der Waals surface area contributed by atoms with Gasteiger partial charge in [0.05, 0.1) is 7.11 Å². The maximum absolute atomic E-state index is 5.39. The topological polar surface area (TPSA) is 50.3 Å². The molecule has 0 aliphatic heterocycles. The molecule has 0 bridgehead atoms. The summed E-state index contributed by atoms with van der Waals surface area (Å²) in [6, 6.07) is 0. The lowest BCUT2D eigenvalue weighted by atomic mass is 10.4. The van der Waals surface area contributed by atoms with Gasteiger partial charge in [0.2, 0.25) is 5.75 Å². The molecule has 1 aromatic rings. The van der Waals surface area contributed by atoms with Crippen molar-refractivity contribution in [3.8, 4) is 5.75 Å². The summed E-state index contributed by atoms with van der Waals surface area (Å²) in [5.41, 5.74) is 0. The third-order valence-electron chi connectivity index (χ3n) is 2.33. The normalized spacial score (nSPS) is 10.1. The summed E-state index contributed by atoms with van der Waals surface area (Å²) in [5.74, 6) is 3.33. The number of ether oxygens (including phenoxy) is 1. The third kappa shape index (κ3) is 3.66. The third-order valence-corrected chi connectivity index (χ3v) is 2.92. The van der Waals surface area contributed by atoms with Gasteiger partial charge in [-0.1, -0.05) is 0 Å². The van der Waals surface area contributed by atoms with Gasteiger partial charge in [-0.05, 0) is 13.2 Å². The van der Waals surface area contributed by atoms with E-state index in [1.807, 2.05) is 25.7 Å². The predicted molar refractivity (Wildman–Crippen MR) is 74.4 cm³/mol. The molecule has 0 fully saturated rings. The van der Waals surface area contributed by atoms with E-state index in [0.717, 1.165) is 30.5 Å². The molecule has 0 amide bonds. The summed E-state index contributed by atoms with van der Waals surface area (Å²) in [5, 5.41) is 3.17. The van der Waals surface area contributed by atoms with Crippen molar-refractivity contribution < 1.29 is 4.74 Å². The largest absolute Gasteiger partial charge is 0.490 e. The SMILES string of the molecule is CCNc1ncnc(N(C)CCSC)c1OC. The minimum absolute atomic E-state index is 0.706. The van der Waals surface area contributed by atoms with Crippen LogP contribution in [0.4, 0.5) is 11.6 Å². The van der Waals surface area contributed by atoms with Crippen molar-refractivity contribution in [1.82, 2.24) is 9.97 Å². The van der Waals surface area contributed by atoms with Crippen LogP contribution >= 0.6 is 11.8 Å². The molecule has 6 heteroatoms. The van der Waals surface area contributed by atoms with Crippen LogP contribution in [0.5, 0.6) is 5.75 Å². The maximum Gasteiger partial charge on any atom is 0.204 e. The van der Waals surface area contributed by atoms with Crippen LogP contribution in [0, 0.1) is 0 Å². The van der Waals surface area contributed by atoms with Gasteiger partial charge in [-0.15, -0.1) is 0 Å². The van der Waals surface area contributed by atoms with Crippen molar-refractivity contribution in [2.75, 3.05) is 49.5 Å². The summed E-state index contributed by atoms with van der Waals surface area (Å²) >= 11 is 1.81. The van der Waals surface area contributed by atoms with E-state index >= 15 is 0 Å². The average molecular weight is 256 g/mol. The Morgan fingerprint density at radius 2 is 2.24 bits per heavy atom. The van der Waals surface area contributed by atoms with Crippen LogP contribution in [0.25, 0.3) is 0 Å². The highest BCUT2D eigenvalue weighted by atomic mass is 32.2. The molecule has 1 aromatic heterocycles. The van der Waals surface area contributed by atoms with Crippen molar-refractivity contribution in [1.29, 1.82) is 0 Å². The number of anilines is 2. The smallest absolute Gasteiger partial charge is 0.204 e. The zero-order chi connectivity index (χ0) is 12.7. The summed E-state index contributed by atoms with van der Waals surface area (Å²) in [6.45, 7) is 3.76. The van der Waals surface area contributed by atoms with Gasteiger partial charge in [0, 0.05) is 25.9 Å². The van der Waals surface area contributed by atoms with Gasteiger partial charge in [-0.25, -0.2) is 9.97 Å². The highest BCUT2D eigenvalue weighted by Crippen LogP contribution is 2.30. The van der Waals surface area contributed by atoms with Gasteiger partial charge < -0.3 is 15.0 Å². The summed E-state index contributed by atoms with van der Waals surface area (Å²) in [7, 11) is 3.66. The lowest BCUT2D eigenvalue weighted by Crippen LogP contribution is -2.22. The molecule has 5 nitrogen and oxygen atoms in total. The first-order valence-corrected chi connectivity index (χ1v) is 6.96. The number of thioether (sulfide) groups is 1. The second-order valence-corrected chi connectivity index (χ2v) is 4.51. The molecule has 96 valence electrons. The number of hydrogen-bond acceptors (Lipinski definition) is 6. The Bertz CT molecular complexity index is 348. The van der Waals surface area contributed by atoms with Crippen LogP contribution in [0.2, 0.25) is 0 Å². The van der Waals surface area contributed by atoms with Gasteiger partial charge in [-0.3, -0.25) is 0 Å². The molecule has 0 saturated carbocycles. The van der Waals surface area contributed by atoms with E-state index in [0.29, 0.717) is 5.75 Å². The predicted octanol–water partition coefficient (Wildman–Crippen LogP) is 1.72. The molecule has 1 N–H and O–H groups in total. The summed E-state index contributed by atoms with van der Waals surface area (Å²) in [6.07, 6.45) is 3.65. The van der Waals surface area contributed by atoms with Gasteiger partial charge in [0.15, 0.2) is 11.6 Å². The van der Waals surface area contributed by atoms with E-state index in [1.54, 1.807) is 13.4 Å². The van der Waals surface area contributed by atoms with Gasteiger partial charge in [0.1, 0.15) is 6.33 Å². The van der Waals surface area contributed by atoms with Crippen LogP contribution in [0.15, 0.2) is 6.33 Å². The van der Waals surface area contributed by atoms with Gasteiger partial charge in [0.25, 0.3) is 0 Å². The number of nitrogens with one attached hydrogen (secondary N) is 1. The molecule has 0 atom stereocenters. The Morgan fingerprint density at radius 3 is 2.82 bits per heavy atom. The first-order valence-electron chi connectivity index (χ1n) is 5.57. The fourth-order valence-corrected chi connectivity index (χ4v) is 1.91. The van der Waals surface area contributed by atoms with Crippen molar-refractivity contribution in [2.24, 2.45) is 0 Å². The Labute approximate surface area is 107 Å². The van der Waals surface area contributed by atoms with E-state index in [2.05, 4.69) is 26.4 Å². The van der Waals surface area contributed by atoms with E-state index in [9.17, 15) is 0 Å². The molecule has 1 heterocycles. The molecule has 0 spiro atoms. The zero-order valence-electron chi connectivity index (χ0n) is 10.9. The van der Waals surface area contributed by atoms with E-state index in [4.69, 9.17) is 4.74 Å². The second kappa shape index (κ2) is 7.21. The van der Waals surface area contributed by atoms with E-state index in [-0.39, 0.29) is 0 Å².